The number of H-pyrrole nitrogens is 1. The van der Waals surface area contributed by atoms with Crippen LogP contribution in [0.15, 0.2) is 16.9 Å². The van der Waals surface area contributed by atoms with Gasteiger partial charge in [0.2, 0.25) is 0 Å². The number of aromatic nitrogens is 4. The largest absolute Gasteiger partial charge is 0.367 e. The Kier molecular flexibility index (Phi) is 3.23. The second-order valence-electron chi connectivity index (χ2n) is 3.71. The van der Waals surface area contributed by atoms with Gasteiger partial charge in [-0.3, -0.25) is 4.21 Å². The minimum absolute atomic E-state index is 0.0218. The highest BCUT2D eigenvalue weighted by molar-refractivity contribution is 7.84. The third kappa shape index (κ3) is 2.52. The van der Waals surface area contributed by atoms with Gasteiger partial charge in [-0.15, -0.1) is 5.10 Å². The fraction of sp³-hybridized carbons (Fsp3) is 0.444. The molecule has 2 aromatic rings. The van der Waals surface area contributed by atoms with Crippen LogP contribution in [0.2, 0.25) is 0 Å². The van der Waals surface area contributed by atoms with Crippen LogP contribution >= 0.6 is 0 Å². The molecule has 2 rings (SSSR count). The van der Waals surface area contributed by atoms with Gasteiger partial charge in [0.15, 0.2) is 5.65 Å². The van der Waals surface area contributed by atoms with E-state index < -0.39 is 10.8 Å². The van der Waals surface area contributed by atoms with Crippen molar-refractivity contribution in [2.24, 2.45) is 0 Å². The van der Waals surface area contributed by atoms with E-state index in [9.17, 15) is 9.00 Å². The molecule has 0 radical (unpaired) electrons. The number of hydrogen-bond donors (Lipinski definition) is 2. The molecule has 0 saturated heterocycles. The molecule has 2 unspecified atom stereocenters. The molecular formula is C9H13N5O2S. The zero-order valence-corrected chi connectivity index (χ0v) is 10.3. The molecule has 8 heteroatoms. The summed E-state index contributed by atoms with van der Waals surface area (Å²) in [6.07, 6.45) is 1.66. The van der Waals surface area contributed by atoms with Crippen LogP contribution in [0.1, 0.15) is 6.92 Å². The number of nitrogens with zero attached hydrogens (tertiary/aromatic N) is 3. The average Bonchev–Trinajstić information content (AvgIpc) is 2.68. The van der Waals surface area contributed by atoms with Crippen LogP contribution in [0.4, 0.5) is 5.82 Å². The summed E-state index contributed by atoms with van der Waals surface area (Å²) in [6.45, 7) is 2.42. The summed E-state index contributed by atoms with van der Waals surface area (Å²) in [6, 6.07) is 3.40. The molecule has 7 nitrogen and oxygen atoms in total. The molecule has 0 spiro atoms. The van der Waals surface area contributed by atoms with E-state index in [-0.39, 0.29) is 10.9 Å². The first kappa shape index (κ1) is 11.8. The summed E-state index contributed by atoms with van der Waals surface area (Å²) in [5.41, 5.74) is 0.0865. The molecule has 2 N–H and O–H groups in total. The monoisotopic (exact) mass is 255 g/mol. The summed E-state index contributed by atoms with van der Waals surface area (Å²) >= 11 is 0. The van der Waals surface area contributed by atoms with Gasteiger partial charge >= 0.3 is 5.69 Å². The van der Waals surface area contributed by atoms with Gasteiger partial charge in [-0.2, -0.15) is 9.61 Å². The van der Waals surface area contributed by atoms with E-state index >= 15 is 0 Å². The van der Waals surface area contributed by atoms with E-state index in [0.29, 0.717) is 18.0 Å². The summed E-state index contributed by atoms with van der Waals surface area (Å²) in [5.74, 6) is 0.554. The lowest BCUT2D eigenvalue weighted by molar-refractivity contribution is 0.678. The number of nitrogens with one attached hydrogen (secondary N) is 2. The number of hydrogen-bond acceptors (Lipinski definition) is 5. The standard InChI is InChI=1S/C9H13N5O2S/c1-6(17(2)16)5-10-7-3-4-8-11-12-9(15)14(8)13-7/h3-4,6H,5H2,1-2H3,(H,10,13)(H,12,15). The highest BCUT2D eigenvalue weighted by Crippen LogP contribution is 2.03. The van der Waals surface area contributed by atoms with E-state index in [2.05, 4.69) is 20.6 Å². The Morgan fingerprint density at radius 2 is 2.35 bits per heavy atom. The minimum Gasteiger partial charge on any atom is -0.367 e. The molecule has 17 heavy (non-hydrogen) atoms. The number of aromatic amines is 1. The van der Waals surface area contributed by atoms with Crippen molar-refractivity contribution >= 4 is 22.3 Å². The van der Waals surface area contributed by atoms with E-state index in [1.807, 2.05) is 6.92 Å². The van der Waals surface area contributed by atoms with Gasteiger partial charge in [-0.05, 0) is 19.1 Å². The van der Waals surface area contributed by atoms with E-state index in [4.69, 9.17) is 0 Å². The Hall–Kier alpha value is -1.70. The van der Waals surface area contributed by atoms with Crippen molar-refractivity contribution in [3.05, 3.63) is 22.6 Å². The predicted molar refractivity (Wildman–Crippen MR) is 65.6 cm³/mol. The van der Waals surface area contributed by atoms with Gasteiger partial charge in [-0.1, -0.05) is 0 Å². The first-order chi connectivity index (χ1) is 8.08. The molecule has 0 fully saturated rings. The quantitative estimate of drug-likeness (QED) is 0.775. The zero-order chi connectivity index (χ0) is 12.4. The third-order valence-corrected chi connectivity index (χ3v) is 3.71. The molecular weight excluding hydrogens is 242 g/mol. The van der Waals surface area contributed by atoms with Gasteiger partial charge in [0.25, 0.3) is 0 Å². The second kappa shape index (κ2) is 4.66. The van der Waals surface area contributed by atoms with Crippen molar-refractivity contribution < 1.29 is 4.21 Å². The van der Waals surface area contributed by atoms with Gasteiger partial charge in [-0.25, -0.2) is 9.89 Å². The van der Waals surface area contributed by atoms with Gasteiger partial charge in [0.05, 0.1) is 0 Å². The fourth-order valence-corrected chi connectivity index (χ4v) is 1.58. The fourth-order valence-electron chi connectivity index (χ4n) is 1.26. The Morgan fingerprint density at radius 3 is 3.06 bits per heavy atom. The van der Waals surface area contributed by atoms with Crippen molar-refractivity contribution in [1.82, 2.24) is 19.8 Å². The average molecular weight is 255 g/mol. The maximum absolute atomic E-state index is 11.3. The summed E-state index contributed by atoms with van der Waals surface area (Å²) in [5, 5.41) is 13.2. The number of fused-ring (bicyclic) bond motifs is 1. The van der Waals surface area contributed by atoms with Gasteiger partial charge in [0.1, 0.15) is 5.82 Å². The van der Waals surface area contributed by atoms with Gasteiger partial charge < -0.3 is 5.32 Å². The van der Waals surface area contributed by atoms with Crippen molar-refractivity contribution in [2.45, 2.75) is 12.2 Å². The number of anilines is 1. The summed E-state index contributed by atoms with van der Waals surface area (Å²) in [7, 11) is -0.885. The maximum atomic E-state index is 11.3. The molecule has 0 amide bonds. The Bertz CT molecular complexity index is 605. The van der Waals surface area contributed by atoms with Crippen LogP contribution in [0.3, 0.4) is 0 Å². The molecule has 92 valence electrons. The molecule has 0 aliphatic heterocycles. The maximum Gasteiger partial charge on any atom is 0.364 e. The molecule has 2 aromatic heterocycles. The molecule has 2 atom stereocenters. The van der Waals surface area contributed by atoms with Crippen LogP contribution in [-0.4, -0.2) is 42.1 Å². The zero-order valence-electron chi connectivity index (χ0n) is 9.51. The van der Waals surface area contributed by atoms with Gasteiger partial charge in [0, 0.05) is 28.9 Å². The molecule has 0 bridgehead atoms. The van der Waals surface area contributed by atoms with Crippen LogP contribution in [0, 0.1) is 0 Å². The first-order valence-electron chi connectivity index (χ1n) is 5.08. The molecule has 0 aliphatic rings. The van der Waals surface area contributed by atoms with Crippen LogP contribution in [0.25, 0.3) is 5.65 Å². The summed E-state index contributed by atoms with van der Waals surface area (Å²) in [4.78, 5) is 11.3. The van der Waals surface area contributed by atoms with Crippen LogP contribution < -0.4 is 11.0 Å². The second-order valence-corrected chi connectivity index (χ2v) is 5.51. The Balaban J connectivity index is 2.16. The first-order valence-corrected chi connectivity index (χ1v) is 6.70. The lowest BCUT2D eigenvalue weighted by Gasteiger charge is -2.09. The molecule has 0 aliphatic carbocycles. The highest BCUT2D eigenvalue weighted by Gasteiger charge is 2.07. The summed E-state index contributed by atoms with van der Waals surface area (Å²) < 4.78 is 12.3. The Morgan fingerprint density at radius 1 is 1.59 bits per heavy atom. The minimum atomic E-state index is -0.885. The molecule has 0 aromatic carbocycles. The molecule has 0 saturated carbocycles. The van der Waals surface area contributed by atoms with E-state index in [0.717, 1.165) is 0 Å². The van der Waals surface area contributed by atoms with E-state index in [1.54, 1.807) is 18.4 Å². The Labute approximate surface area is 99.7 Å². The lowest BCUT2D eigenvalue weighted by Crippen LogP contribution is -2.22. The highest BCUT2D eigenvalue weighted by atomic mass is 32.2. The SMILES string of the molecule is CC(CNc1ccc2n[nH]c(=O)n2n1)S(C)=O. The van der Waals surface area contributed by atoms with Crippen LogP contribution in [0.5, 0.6) is 0 Å². The van der Waals surface area contributed by atoms with Crippen molar-refractivity contribution in [3.63, 3.8) is 0 Å². The topological polar surface area (TPSA) is 92.2 Å². The van der Waals surface area contributed by atoms with Crippen LogP contribution in [-0.2, 0) is 10.8 Å². The number of rotatable bonds is 4. The normalized spacial score (nSPS) is 14.7. The van der Waals surface area contributed by atoms with E-state index in [1.165, 1.54) is 4.52 Å². The smallest absolute Gasteiger partial charge is 0.364 e. The van der Waals surface area contributed by atoms with Crippen molar-refractivity contribution in [1.29, 1.82) is 0 Å². The lowest BCUT2D eigenvalue weighted by atomic mass is 10.4. The third-order valence-electron chi connectivity index (χ3n) is 2.41. The molecule has 2 heterocycles. The van der Waals surface area contributed by atoms with Crippen molar-refractivity contribution in [2.75, 3.05) is 18.1 Å². The van der Waals surface area contributed by atoms with Crippen molar-refractivity contribution in [3.8, 4) is 0 Å². The predicted octanol–water partition coefficient (Wildman–Crippen LogP) is -0.404.